The predicted octanol–water partition coefficient (Wildman–Crippen LogP) is 12.3. The highest BCUT2D eigenvalue weighted by Crippen LogP contribution is 2.23. The minimum atomic E-state index is -1.60. The Labute approximate surface area is 395 Å². The first kappa shape index (κ1) is 60.2. The topological polar surface area (TPSA) is 152 Å². The van der Waals surface area contributed by atoms with E-state index in [0.29, 0.717) is 6.42 Å². The molecular formula is C55H94O10. The van der Waals surface area contributed by atoms with Gasteiger partial charge in [0.1, 0.15) is 31.0 Å². The largest absolute Gasteiger partial charge is 0.462 e. The molecule has 0 aliphatic carbocycles. The van der Waals surface area contributed by atoms with Crippen LogP contribution in [0.15, 0.2) is 72.9 Å². The molecule has 10 nitrogen and oxygen atoms in total. The van der Waals surface area contributed by atoms with Crippen molar-refractivity contribution in [3.8, 4) is 0 Å². The lowest BCUT2D eigenvalue weighted by Crippen LogP contribution is -2.59. The Bertz CT molecular complexity index is 1290. The van der Waals surface area contributed by atoms with Crippen molar-refractivity contribution in [2.45, 2.75) is 243 Å². The molecule has 0 saturated carbocycles. The van der Waals surface area contributed by atoms with Gasteiger partial charge in [-0.25, -0.2) is 0 Å². The third kappa shape index (κ3) is 35.9. The SMILES string of the molecule is CC/C=C\C/C=C\C/C=C\C/C=C\CCCCCCCCC(=O)OC(COC(=O)CCCCCCCCCCC/C=C\C/C=C\CCCCCCC)COC1OC(CO)C(O)C(O)C1O. The zero-order chi connectivity index (χ0) is 47.3. The number of carbonyl (C=O) groups excluding carboxylic acids is 2. The summed E-state index contributed by atoms with van der Waals surface area (Å²) in [7, 11) is 0. The fourth-order valence-corrected chi connectivity index (χ4v) is 7.50. The summed E-state index contributed by atoms with van der Waals surface area (Å²) in [6.07, 6.45) is 50.4. The van der Waals surface area contributed by atoms with Gasteiger partial charge in [-0.05, 0) is 83.5 Å². The number of rotatable bonds is 43. The van der Waals surface area contributed by atoms with Gasteiger partial charge in [-0.15, -0.1) is 0 Å². The maximum Gasteiger partial charge on any atom is 0.306 e. The second-order valence-corrected chi connectivity index (χ2v) is 17.6. The molecule has 6 atom stereocenters. The minimum absolute atomic E-state index is 0.210. The molecule has 1 aliphatic heterocycles. The molecule has 0 aromatic rings. The van der Waals surface area contributed by atoms with Crippen LogP contribution in [-0.2, 0) is 28.5 Å². The standard InChI is InChI=1S/C55H94O10/c1-3-5-7-9-11-13-15-17-19-21-23-24-26-27-29-31-33-35-37-39-41-43-50(57)62-46-48(47-63-55-54(61)53(60)52(59)49(45-56)65-55)64-51(58)44-42-40-38-36-34-32-30-28-25-22-20-18-16-14-12-10-8-6-4-2/h6,8,12,14-15,17-18,20-21,23,25,28,48-49,52-56,59-61H,3-5,7,9-11,13,16,19,22,24,26-27,29-47H2,1-2H3/b8-6-,14-12-,17-15-,20-18-,23-21-,28-25-. The number of allylic oxidation sites excluding steroid dienone is 12. The number of esters is 2. The molecule has 1 rings (SSSR count). The van der Waals surface area contributed by atoms with Gasteiger partial charge in [0.15, 0.2) is 12.4 Å². The lowest BCUT2D eigenvalue weighted by Gasteiger charge is -2.39. The van der Waals surface area contributed by atoms with Crippen molar-refractivity contribution in [1.82, 2.24) is 0 Å². The first-order valence-corrected chi connectivity index (χ1v) is 26.0. The zero-order valence-corrected chi connectivity index (χ0v) is 41.0. The van der Waals surface area contributed by atoms with Crippen LogP contribution in [0.5, 0.6) is 0 Å². The summed E-state index contributed by atoms with van der Waals surface area (Å²) in [5.74, 6) is -0.828. The number of unbranched alkanes of at least 4 members (excludes halogenated alkanes) is 20. The monoisotopic (exact) mass is 915 g/mol. The highest BCUT2D eigenvalue weighted by molar-refractivity contribution is 5.70. The summed E-state index contributed by atoms with van der Waals surface area (Å²) in [4.78, 5) is 25.5. The van der Waals surface area contributed by atoms with E-state index in [-0.39, 0.29) is 32.0 Å². The molecule has 0 radical (unpaired) electrons. The van der Waals surface area contributed by atoms with E-state index in [4.69, 9.17) is 18.9 Å². The number of hydrogen-bond donors (Lipinski definition) is 4. The molecule has 0 bridgehead atoms. The van der Waals surface area contributed by atoms with E-state index in [9.17, 15) is 30.0 Å². The molecule has 374 valence electrons. The van der Waals surface area contributed by atoms with Gasteiger partial charge in [0, 0.05) is 12.8 Å². The van der Waals surface area contributed by atoms with E-state index < -0.39 is 49.4 Å². The molecule has 1 aliphatic rings. The fourth-order valence-electron chi connectivity index (χ4n) is 7.50. The summed E-state index contributed by atoms with van der Waals surface area (Å²) in [6, 6.07) is 0. The molecule has 0 amide bonds. The Morgan fingerprint density at radius 1 is 0.492 bits per heavy atom. The predicted molar refractivity (Wildman–Crippen MR) is 265 cm³/mol. The van der Waals surface area contributed by atoms with E-state index in [2.05, 4.69) is 86.8 Å². The average molecular weight is 915 g/mol. The summed E-state index contributed by atoms with van der Waals surface area (Å²) >= 11 is 0. The summed E-state index contributed by atoms with van der Waals surface area (Å²) < 4.78 is 22.2. The van der Waals surface area contributed by atoms with Gasteiger partial charge < -0.3 is 39.4 Å². The lowest BCUT2D eigenvalue weighted by molar-refractivity contribution is -0.305. The molecule has 1 fully saturated rings. The van der Waals surface area contributed by atoms with Gasteiger partial charge in [-0.2, -0.15) is 0 Å². The van der Waals surface area contributed by atoms with Gasteiger partial charge >= 0.3 is 11.9 Å². The fraction of sp³-hybridized carbons (Fsp3) is 0.745. The number of hydrogen-bond acceptors (Lipinski definition) is 10. The van der Waals surface area contributed by atoms with Gasteiger partial charge in [-0.1, -0.05) is 183 Å². The summed E-state index contributed by atoms with van der Waals surface area (Å²) in [5, 5.41) is 40.2. The van der Waals surface area contributed by atoms with Crippen LogP contribution < -0.4 is 0 Å². The molecule has 6 unspecified atom stereocenters. The van der Waals surface area contributed by atoms with E-state index in [0.717, 1.165) is 103 Å². The molecule has 0 aromatic carbocycles. The van der Waals surface area contributed by atoms with Crippen LogP contribution in [0.1, 0.15) is 206 Å². The Morgan fingerprint density at radius 2 is 0.908 bits per heavy atom. The van der Waals surface area contributed by atoms with Gasteiger partial charge in [0.2, 0.25) is 0 Å². The summed E-state index contributed by atoms with van der Waals surface area (Å²) in [6.45, 7) is 3.29. The smallest absolute Gasteiger partial charge is 0.306 e. The highest BCUT2D eigenvalue weighted by atomic mass is 16.7. The number of aliphatic hydroxyl groups excluding tert-OH is 4. The Balaban J connectivity index is 2.27. The average Bonchev–Trinajstić information content (AvgIpc) is 3.30. The zero-order valence-electron chi connectivity index (χ0n) is 41.0. The van der Waals surface area contributed by atoms with Crippen molar-refractivity contribution >= 4 is 11.9 Å². The molecule has 0 aromatic heterocycles. The normalized spacial score (nSPS) is 19.9. The van der Waals surface area contributed by atoms with Crippen molar-refractivity contribution in [2.24, 2.45) is 0 Å². The van der Waals surface area contributed by atoms with Crippen LogP contribution in [0.25, 0.3) is 0 Å². The third-order valence-corrected chi connectivity index (χ3v) is 11.6. The van der Waals surface area contributed by atoms with Crippen LogP contribution in [0, 0.1) is 0 Å². The second-order valence-electron chi connectivity index (χ2n) is 17.6. The van der Waals surface area contributed by atoms with Crippen LogP contribution in [0.4, 0.5) is 0 Å². The van der Waals surface area contributed by atoms with Crippen LogP contribution in [-0.4, -0.2) is 89.0 Å². The van der Waals surface area contributed by atoms with E-state index in [1.54, 1.807) is 0 Å². The quantitative estimate of drug-likeness (QED) is 0.0264. The molecule has 0 spiro atoms. The summed E-state index contributed by atoms with van der Waals surface area (Å²) in [5.41, 5.74) is 0. The van der Waals surface area contributed by atoms with Crippen molar-refractivity contribution in [3.05, 3.63) is 72.9 Å². The van der Waals surface area contributed by atoms with Crippen molar-refractivity contribution in [3.63, 3.8) is 0 Å². The molecule has 10 heteroatoms. The van der Waals surface area contributed by atoms with E-state index >= 15 is 0 Å². The van der Waals surface area contributed by atoms with Crippen molar-refractivity contribution < 1.29 is 49.0 Å². The second kappa shape index (κ2) is 44.9. The Hall–Kier alpha value is -2.86. The maximum atomic E-state index is 12.8. The third-order valence-electron chi connectivity index (χ3n) is 11.6. The van der Waals surface area contributed by atoms with Crippen molar-refractivity contribution in [2.75, 3.05) is 19.8 Å². The minimum Gasteiger partial charge on any atom is -0.462 e. The molecule has 4 N–H and O–H groups in total. The van der Waals surface area contributed by atoms with Crippen LogP contribution >= 0.6 is 0 Å². The maximum absolute atomic E-state index is 12.8. The van der Waals surface area contributed by atoms with Crippen LogP contribution in [0.3, 0.4) is 0 Å². The Morgan fingerprint density at radius 3 is 1.37 bits per heavy atom. The number of carbonyl (C=O) groups is 2. The van der Waals surface area contributed by atoms with Gasteiger partial charge in [0.05, 0.1) is 13.2 Å². The Kier molecular flexibility index (Phi) is 41.6. The number of ether oxygens (including phenoxy) is 4. The first-order chi connectivity index (χ1) is 31.8. The highest BCUT2D eigenvalue weighted by Gasteiger charge is 2.44. The molecular weight excluding hydrogens is 821 g/mol. The van der Waals surface area contributed by atoms with E-state index in [1.165, 1.54) is 70.6 Å². The molecule has 65 heavy (non-hydrogen) atoms. The lowest BCUT2D eigenvalue weighted by atomic mass is 9.99. The number of aliphatic hydroxyl groups is 4. The van der Waals surface area contributed by atoms with Gasteiger partial charge in [-0.3, -0.25) is 9.59 Å². The van der Waals surface area contributed by atoms with E-state index in [1.807, 2.05) is 0 Å². The van der Waals surface area contributed by atoms with Crippen molar-refractivity contribution in [1.29, 1.82) is 0 Å². The molecule has 1 saturated heterocycles. The first-order valence-electron chi connectivity index (χ1n) is 26.0. The van der Waals surface area contributed by atoms with Gasteiger partial charge in [0.25, 0.3) is 0 Å². The van der Waals surface area contributed by atoms with Crippen LogP contribution in [0.2, 0.25) is 0 Å². The molecule has 1 heterocycles.